The van der Waals surface area contributed by atoms with Gasteiger partial charge in [0.05, 0.1) is 12.9 Å². The Labute approximate surface area is 170 Å². The van der Waals surface area contributed by atoms with Crippen LogP contribution in [0.2, 0.25) is 0 Å². The molecule has 159 valence electrons. The molecule has 0 N–H and O–H groups in total. The maximum Gasteiger partial charge on any atom is 0.138 e. The fourth-order valence-corrected chi connectivity index (χ4v) is 3.35. The van der Waals surface area contributed by atoms with E-state index in [-0.39, 0.29) is 0 Å². The smallest absolute Gasteiger partial charge is 0.138 e. The molecule has 0 saturated carbocycles. The fraction of sp³-hybridized carbons (Fsp3) is 0.840. The van der Waals surface area contributed by atoms with Crippen LogP contribution in [0.4, 0.5) is 0 Å². The van der Waals surface area contributed by atoms with Crippen LogP contribution in [-0.2, 0) is 9.84 Å². The lowest BCUT2D eigenvalue weighted by atomic mass is 10.1. The molecule has 1 radical (unpaired) electrons. The van der Waals surface area contributed by atoms with Gasteiger partial charge in [0.1, 0.15) is 6.26 Å². The van der Waals surface area contributed by atoms with E-state index in [0.29, 0.717) is 0 Å². The number of rotatable bonds is 22. The van der Waals surface area contributed by atoms with Gasteiger partial charge in [0.15, 0.2) is 0 Å². The summed E-state index contributed by atoms with van der Waals surface area (Å²) in [5, 5.41) is 10.2. The molecule has 0 aromatic heterocycles. The summed E-state index contributed by atoms with van der Waals surface area (Å²) in [6.45, 7) is 3.15. The Hall–Kier alpha value is -0.920. The van der Waals surface area contributed by atoms with Crippen molar-refractivity contribution in [3.05, 3.63) is 24.7 Å². The maximum absolute atomic E-state index is 10.2. The first-order valence-electron chi connectivity index (χ1n) is 12.0. The minimum Gasteiger partial charge on any atom is -0.502 e. The lowest BCUT2D eigenvalue weighted by Gasteiger charge is -2.03. The molecule has 0 amide bonds. The van der Waals surface area contributed by atoms with E-state index >= 15 is 0 Å². The Balaban J connectivity index is 3.06. The summed E-state index contributed by atoms with van der Waals surface area (Å²) in [4.78, 5) is 0. The van der Waals surface area contributed by atoms with Gasteiger partial charge >= 0.3 is 0 Å². The third kappa shape index (κ3) is 25.1. The molecule has 0 fully saturated rings. The molecule has 0 saturated heterocycles. The topological polar surface area (TPSA) is 29.1 Å². The fourth-order valence-electron chi connectivity index (χ4n) is 3.35. The quantitative estimate of drug-likeness (QED) is 0.136. The van der Waals surface area contributed by atoms with Crippen molar-refractivity contribution in [3.63, 3.8) is 0 Å². The highest BCUT2D eigenvalue weighted by Gasteiger charge is 1.93. The number of hydrogen-bond donors (Lipinski definition) is 0. The SMILES string of the molecule is CCCCCCCCCCC=COCCCCCCCCCCCC=C[O]. The monoisotopic (exact) mass is 379 g/mol. The minimum atomic E-state index is 0.876. The zero-order valence-corrected chi connectivity index (χ0v) is 18.3. The highest BCUT2D eigenvalue weighted by Crippen LogP contribution is 2.11. The summed E-state index contributed by atoms with van der Waals surface area (Å²) in [5.74, 6) is 0. The van der Waals surface area contributed by atoms with Crippen molar-refractivity contribution in [1.29, 1.82) is 0 Å². The number of hydrogen-bond acceptors (Lipinski definition) is 1. The molecule has 0 aromatic carbocycles. The van der Waals surface area contributed by atoms with Gasteiger partial charge in [-0.1, -0.05) is 96.8 Å². The van der Waals surface area contributed by atoms with Gasteiger partial charge in [0.25, 0.3) is 0 Å². The molecule has 0 atom stereocenters. The highest BCUT2D eigenvalue weighted by molar-refractivity contribution is 4.73. The van der Waals surface area contributed by atoms with E-state index in [0.717, 1.165) is 19.3 Å². The second kappa shape index (κ2) is 25.1. The van der Waals surface area contributed by atoms with Crippen LogP contribution in [0.15, 0.2) is 24.7 Å². The van der Waals surface area contributed by atoms with Gasteiger partial charge in [-0.15, -0.1) is 0 Å². The number of allylic oxidation sites excluding steroid dienone is 2. The number of ether oxygens (including phenoxy) is 1. The molecule has 0 bridgehead atoms. The predicted molar refractivity (Wildman–Crippen MR) is 118 cm³/mol. The molecule has 0 heterocycles. The van der Waals surface area contributed by atoms with E-state index in [1.807, 2.05) is 6.26 Å². The van der Waals surface area contributed by atoms with Crippen molar-refractivity contribution in [2.75, 3.05) is 6.61 Å². The Morgan fingerprint density at radius 2 is 1.00 bits per heavy atom. The van der Waals surface area contributed by atoms with E-state index < -0.39 is 0 Å². The molecule has 0 rings (SSSR count). The van der Waals surface area contributed by atoms with Crippen molar-refractivity contribution in [1.82, 2.24) is 0 Å². The first kappa shape index (κ1) is 26.1. The zero-order chi connectivity index (χ0) is 19.7. The molecule has 0 aliphatic heterocycles. The third-order valence-corrected chi connectivity index (χ3v) is 5.15. The second-order valence-corrected chi connectivity index (χ2v) is 7.85. The molecule has 0 spiro atoms. The van der Waals surface area contributed by atoms with E-state index in [2.05, 4.69) is 13.0 Å². The van der Waals surface area contributed by atoms with E-state index in [1.165, 1.54) is 116 Å². The van der Waals surface area contributed by atoms with Gasteiger partial charge in [-0.25, -0.2) is 0 Å². The third-order valence-electron chi connectivity index (χ3n) is 5.15. The summed E-state index contributed by atoms with van der Waals surface area (Å²) in [6.07, 6.45) is 31.6. The normalized spacial score (nSPS) is 11.7. The zero-order valence-electron chi connectivity index (χ0n) is 18.3. The van der Waals surface area contributed by atoms with Crippen LogP contribution in [0.5, 0.6) is 0 Å². The molecule has 2 heteroatoms. The summed E-state index contributed by atoms with van der Waals surface area (Å²) < 4.78 is 5.59. The Kier molecular flexibility index (Phi) is 24.2. The van der Waals surface area contributed by atoms with E-state index in [4.69, 9.17) is 4.74 Å². The van der Waals surface area contributed by atoms with Crippen LogP contribution in [-0.4, -0.2) is 6.61 Å². The van der Waals surface area contributed by atoms with Crippen molar-refractivity contribution in [3.8, 4) is 0 Å². The lowest BCUT2D eigenvalue weighted by Crippen LogP contribution is -1.88. The Morgan fingerprint density at radius 1 is 0.556 bits per heavy atom. The average Bonchev–Trinajstić information content (AvgIpc) is 2.68. The van der Waals surface area contributed by atoms with Gasteiger partial charge in [0.2, 0.25) is 0 Å². The van der Waals surface area contributed by atoms with Gasteiger partial charge in [0, 0.05) is 0 Å². The summed E-state index contributed by atoms with van der Waals surface area (Å²) in [5.41, 5.74) is 0. The van der Waals surface area contributed by atoms with Crippen LogP contribution >= 0.6 is 0 Å². The lowest BCUT2D eigenvalue weighted by molar-refractivity contribution is 0.239. The Bertz CT molecular complexity index is 309. The standard InChI is InChI=1S/C25H47O2/c1-2-3-4-5-6-7-12-15-18-21-24-27-25-22-19-16-13-10-8-9-11-14-17-20-23-26/h20-21,23-24H,2-19,22,25H2,1H3. The van der Waals surface area contributed by atoms with Crippen molar-refractivity contribution >= 4 is 0 Å². The van der Waals surface area contributed by atoms with Crippen LogP contribution in [0.1, 0.15) is 129 Å². The molecular weight excluding hydrogens is 332 g/mol. The summed E-state index contributed by atoms with van der Waals surface area (Å²) in [7, 11) is 0. The van der Waals surface area contributed by atoms with Crippen molar-refractivity contribution in [2.45, 2.75) is 129 Å². The number of unbranched alkanes of at least 4 members (excludes halogenated alkanes) is 17. The van der Waals surface area contributed by atoms with Crippen LogP contribution < -0.4 is 0 Å². The molecule has 27 heavy (non-hydrogen) atoms. The van der Waals surface area contributed by atoms with Gasteiger partial charge in [-0.05, 0) is 44.3 Å². The molecule has 2 nitrogen and oxygen atoms in total. The van der Waals surface area contributed by atoms with Gasteiger partial charge in [-0.3, -0.25) is 5.11 Å². The molecule has 0 aliphatic carbocycles. The van der Waals surface area contributed by atoms with E-state index in [1.54, 1.807) is 6.08 Å². The molecule has 0 aromatic rings. The average molecular weight is 380 g/mol. The molecule has 0 aliphatic rings. The Morgan fingerprint density at radius 3 is 1.52 bits per heavy atom. The molecule has 0 unspecified atom stereocenters. The van der Waals surface area contributed by atoms with Gasteiger partial charge < -0.3 is 4.74 Å². The summed E-state index contributed by atoms with van der Waals surface area (Å²) >= 11 is 0. The predicted octanol–water partition coefficient (Wildman–Crippen LogP) is 8.89. The van der Waals surface area contributed by atoms with Crippen LogP contribution in [0.25, 0.3) is 0 Å². The largest absolute Gasteiger partial charge is 0.502 e. The molecular formula is C25H47O2. The van der Waals surface area contributed by atoms with Crippen molar-refractivity contribution in [2.24, 2.45) is 0 Å². The highest BCUT2D eigenvalue weighted by atomic mass is 16.5. The van der Waals surface area contributed by atoms with Crippen molar-refractivity contribution < 1.29 is 9.84 Å². The maximum atomic E-state index is 10.2. The minimum absolute atomic E-state index is 0.876. The second-order valence-electron chi connectivity index (χ2n) is 7.85. The van der Waals surface area contributed by atoms with Gasteiger partial charge in [-0.2, -0.15) is 0 Å². The first-order valence-corrected chi connectivity index (χ1v) is 12.0. The van der Waals surface area contributed by atoms with E-state index in [9.17, 15) is 5.11 Å². The summed E-state index contributed by atoms with van der Waals surface area (Å²) in [6, 6.07) is 0. The first-order chi connectivity index (χ1) is 13.4. The van der Waals surface area contributed by atoms with Crippen LogP contribution in [0, 0.1) is 0 Å². The van der Waals surface area contributed by atoms with Crippen LogP contribution in [0.3, 0.4) is 0 Å².